The standard InChI is InChI=1S/C14H13F6N/c15-13(16,17)10-6-9(2-1-5-21-12-3-4-12)7-11(8-10)14(18,19)20/h1-2,6-8,12,21H,3-5H2/b2-1+. The second-order valence-electron chi connectivity index (χ2n) is 4.92. The second-order valence-corrected chi connectivity index (χ2v) is 4.92. The van der Waals surface area contributed by atoms with Crippen LogP contribution in [0.5, 0.6) is 0 Å². The van der Waals surface area contributed by atoms with Gasteiger partial charge in [-0.25, -0.2) is 0 Å². The van der Waals surface area contributed by atoms with Crippen molar-refractivity contribution in [3.8, 4) is 0 Å². The molecule has 116 valence electrons. The summed E-state index contributed by atoms with van der Waals surface area (Å²) in [5.74, 6) is 0. The SMILES string of the molecule is FC(F)(F)c1cc(/C=C/CNC2CC2)cc(C(F)(F)F)c1. The van der Waals surface area contributed by atoms with Gasteiger partial charge in [-0.05, 0) is 36.6 Å². The zero-order valence-corrected chi connectivity index (χ0v) is 10.9. The summed E-state index contributed by atoms with van der Waals surface area (Å²) in [6.45, 7) is 0.419. The fourth-order valence-corrected chi connectivity index (χ4v) is 1.79. The van der Waals surface area contributed by atoms with E-state index in [2.05, 4.69) is 5.32 Å². The highest BCUT2D eigenvalue weighted by Crippen LogP contribution is 2.36. The Balaban J connectivity index is 2.21. The Kier molecular flexibility index (Phi) is 4.32. The number of benzene rings is 1. The van der Waals surface area contributed by atoms with Crippen LogP contribution >= 0.6 is 0 Å². The largest absolute Gasteiger partial charge is 0.416 e. The smallest absolute Gasteiger partial charge is 0.311 e. The number of hydrogen-bond acceptors (Lipinski definition) is 1. The first-order chi connectivity index (χ1) is 9.66. The Bertz CT molecular complexity index is 493. The first-order valence-corrected chi connectivity index (χ1v) is 6.35. The molecule has 1 saturated carbocycles. The van der Waals surface area contributed by atoms with Crippen molar-refractivity contribution >= 4 is 6.08 Å². The molecule has 0 bridgehead atoms. The minimum absolute atomic E-state index is 0.116. The lowest BCUT2D eigenvalue weighted by Crippen LogP contribution is -2.15. The Morgan fingerprint density at radius 3 is 1.90 bits per heavy atom. The Morgan fingerprint density at radius 2 is 1.48 bits per heavy atom. The van der Waals surface area contributed by atoms with Gasteiger partial charge in [0.25, 0.3) is 0 Å². The zero-order valence-electron chi connectivity index (χ0n) is 10.9. The highest BCUT2D eigenvalue weighted by molar-refractivity contribution is 5.53. The third-order valence-electron chi connectivity index (χ3n) is 3.02. The number of alkyl halides is 6. The van der Waals surface area contributed by atoms with Crippen molar-refractivity contribution in [1.82, 2.24) is 5.32 Å². The van der Waals surface area contributed by atoms with E-state index in [-0.39, 0.29) is 11.6 Å². The molecule has 0 saturated heterocycles. The maximum atomic E-state index is 12.6. The third-order valence-corrected chi connectivity index (χ3v) is 3.02. The van der Waals surface area contributed by atoms with E-state index in [1.807, 2.05) is 0 Å². The summed E-state index contributed by atoms with van der Waals surface area (Å²) in [7, 11) is 0. The van der Waals surface area contributed by atoms with E-state index < -0.39 is 23.5 Å². The van der Waals surface area contributed by atoms with Gasteiger partial charge in [0.05, 0.1) is 11.1 Å². The number of nitrogens with one attached hydrogen (secondary N) is 1. The first kappa shape index (κ1) is 15.9. The molecule has 1 aromatic carbocycles. The fourth-order valence-electron chi connectivity index (χ4n) is 1.79. The number of rotatable bonds is 4. The lowest BCUT2D eigenvalue weighted by atomic mass is 10.0. The molecular formula is C14H13F6N. The van der Waals surface area contributed by atoms with E-state index in [9.17, 15) is 26.3 Å². The monoisotopic (exact) mass is 309 g/mol. The van der Waals surface area contributed by atoms with Crippen LogP contribution in [0.15, 0.2) is 24.3 Å². The van der Waals surface area contributed by atoms with Crippen LogP contribution < -0.4 is 5.32 Å². The molecule has 0 spiro atoms. The van der Waals surface area contributed by atoms with E-state index >= 15 is 0 Å². The molecule has 0 aromatic heterocycles. The van der Waals surface area contributed by atoms with Crippen molar-refractivity contribution in [2.45, 2.75) is 31.2 Å². The average Bonchev–Trinajstić information content (AvgIpc) is 3.16. The molecule has 0 heterocycles. The molecule has 0 aliphatic heterocycles. The molecule has 0 radical (unpaired) electrons. The molecular weight excluding hydrogens is 296 g/mol. The molecule has 21 heavy (non-hydrogen) atoms. The van der Waals surface area contributed by atoms with Crippen molar-refractivity contribution in [2.75, 3.05) is 6.54 Å². The average molecular weight is 309 g/mol. The van der Waals surface area contributed by atoms with Crippen LogP contribution in [0.3, 0.4) is 0 Å². The van der Waals surface area contributed by atoms with Gasteiger partial charge < -0.3 is 5.32 Å². The maximum Gasteiger partial charge on any atom is 0.416 e. The van der Waals surface area contributed by atoms with Crippen LogP contribution in [0.4, 0.5) is 26.3 Å². The van der Waals surface area contributed by atoms with Gasteiger partial charge in [0.2, 0.25) is 0 Å². The molecule has 0 unspecified atom stereocenters. The predicted molar refractivity (Wildman–Crippen MR) is 66.5 cm³/mol. The topological polar surface area (TPSA) is 12.0 Å². The minimum atomic E-state index is -4.81. The number of hydrogen-bond donors (Lipinski definition) is 1. The summed E-state index contributed by atoms with van der Waals surface area (Å²) in [5, 5.41) is 3.09. The van der Waals surface area contributed by atoms with Crippen molar-refractivity contribution in [2.24, 2.45) is 0 Å². The van der Waals surface area contributed by atoms with E-state index in [0.717, 1.165) is 12.8 Å². The fraction of sp³-hybridized carbons (Fsp3) is 0.429. The molecule has 0 atom stereocenters. The Morgan fingerprint density at radius 1 is 0.952 bits per heavy atom. The van der Waals surface area contributed by atoms with Crippen molar-refractivity contribution in [3.63, 3.8) is 0 Å². The number of halogens is 6. The van der Waals surface area contributed by atoms with Gasteiger partial charge in [0.15, 0.2) is 0 Å². The lowest BCUT2D eigenvalue weighted by Gasteiger charge is -2.12. The molecule has 7 heteroatoms. The van der Waals surface area contributed by atoms with Crippen molar-refractivity contribution in [3.05, 3.63) is 41.0 Å². The van der Waals surface area contributed by atoms with Gasteiger partial charge in [-0.3, -0.25) is 0 Å². The van der Waals surface area contributed by atoms with Crippen molar-refractivity contribution < 1.29 is 26.3 Å². The van der Waals surface area contributed by atoms with E-state index in [1.165, 1.54) is 12.2 Å². The molecule has 0 amide bonds. The lowest BCUT2D eigenvalue weighted by molar-refractivity contribution is -0.143. The minimum Gasteiger partial charge on any atom is -0.311 e. The molecule has 2 rings (SSSR count). The first-order valence-electron chi connectivity index (χ1n) is 6.35. The van der Waals surface area contributed by atoms with Crippen LogP contribution in [0.2, 0.25) is 0 Å². The van der Waals surface area contributed by atoms with E-state index in [4.69, 9.17) is 0 Å². The summed E-state index contributed by atoms with van der Waals surface area (Å²) in [4.78, 5) is 0. The summed E-state index contributed by atoms with van der Waals surface area (Å²) in [6.07, 6.45) is -4.73. The van der Waals surface area contributed by atoms with Gasteiger partial charge in [0.1, 0.15) is 0 Å². The molecule has 1 N–H and O–H groups in total. The Labute approximate surface area is 117 Å². The highest BCUT2D eigenvalue weighted by atomic mass is 19.4. The summed E-state index contributed by atoms with van der Waals surface area (Å²) >= 11 is 0. The molecule has 1 fully saturated rings. The normalized spacial score (nSPS) is 16.7. The summed E-state index contributed by atoms with van der Waals surface area (Å²) in [6, 6.07) is 1.97. The molecule has 1 aliphatic rings. The van der Waals surface area contributed by atoms with Gasteiger partial charge in [-0.2, -0.15) is 26.3 Å². The predicted octanol–water partition coefficient (Wildman–Crippen LogP) is 4.49. The second kappa shape index (κ2) is 5.71. The van der Waals surface area contributed by atoms with Crippen LogP contribution in [0.25, 0.3) is 6.08 Å². The molecule has 1 aliphatic carbocycles. The molecule has 1 nitrogen and oxygen atoms in total. The van der Waals surface area contributed by atoms with Crippen LogP contribution in [-0.2, 0) is 12.4 Å². The van der Waals surface area contributed by atoms with E-state index in [0.29, 0.717) is 24.7 Å². The highest BCUT2D eigenvalue weighted by Gasteiger charge is 2.36. The quantitative estimate of drug-likeness (QED) is 0.808. The Hall–Kier alpha value is -1.50. The van der Waals surface area contributed by atoms with Crippen LogP contribution in [-0.4, -0.2) is 12.6 Å². The maximum absolute atomic E-state index is 12.6. The van der Waals surface area contributed by atoms with Crippen LogP contribution in [0, 0.1) is 0 Å². The summed E-state index contributed by atoms with van der Waals surface area (Å²) < 4.78 is 75.8. The van der Waals surface area contributed by atoms with Crippen molar-refractivity contribution in [1.29, 1.82) is 0 Å². The van der Waals surface area contributed by atoms with Gasteiger partial charge >= 0.3 is 12.4 Å². The molecule has 1 aromatic rings. The van der Waals surface area contributed by atoms with Gasteiger partial charge in [-0.1, -0.05) is 12.2 Å². The van der Waals surface area contributed by atoms with Gasteiger partial charge in [-0.15, -0.1) is 0 Å². The third kappa shape index (κ3) is 4.77. The van der Waals surface area contributed by atoms with Crippen LogP contribution in [0.1, 0.15) is 29.5 Å². The zero-order chi connectivity index (χ0) is 15.7. The summed E-state index contributed by atoms with van der Waals surface area (Å²) in [5.41, 5.74) is -2.71. The van der Waals surface area contributed by atoms with E-state index in [1.54, 1.807) is 0 Å². The van der Waals surface area contributed by atoms with Gasteiger partial charge in [0, 0.05) is 12.6 Å².